The third-order valence-electron chi connectivity index (χ3n) is 5.75. The predicted octanol–water partition coefficient (Wildman–Crippen LogP) is 7.79. The number of hydrogen-bond acceptors (Lipinski definition) is 2. The summed E-state index contributed by atoms with van der Waals surface area (Å²) in [7, 11) is 0. The smallest absolute Gasteiger partial charge is 0.257 e. The van der Waals surface area contributed by atoms with Crippen LogP contribution in [0.3, 0.4) is 0 Å². The van der Waals surface area contributed by atoms with E-state index in [1.807, 2.05) is 18.2 Å². The number of carbonyl (C=O) groups excluding carboxylic acids is 1. The molecule has 0 aliphatic rings. The number of carbonyl (C=O) groups is 1. The van der Waals surface area contributed by atoms with Crippen molar-refractivity contribution in [1.29, 1.82) is 0 Å². The Kier molecular flexibility index (Phi) is 16.2. The van der Waals surface area contributed by atoms with Crippen molar-refractivity contribution >= 4 is 5.91 Å². The van der Waals surface area contributed by atoms with E-state index in [-0.39, 0.29) is 12.5 Å². The van der Waals surface area contributed by atoms with E-state index >= 15 is 0 Å². The van der Waals surface area contributed by atoms with Crippen LogP contribution in [0.25, 0.3) is 0 Å². The number of nitrogens with one attached hydrogen (secondary N) is 1. The molecule has 1 N–H and O–H groups in total. The van der Waals surface area contributed by atoms with Crippen molar-refractivity contribution < 1.29 is 9.53 Å². The molecule has 0 fully saturated rings. The average Bonchev–Trinajstić information content (AvgIpc) is 2.75. The maximum Gasteiger partial charge on any atom is 0.257 e. The van der Waals surface area contributed by atoms with Crippen LogP contribution < -0.4 is 10.1 Å². The van der Waals surface area contributed by atoms with Gasteiger partial charge in [0.1, 0.15) is 5.75 Å². The first-order valence-electron chi connectivity index (χ1n) is 12.6. The second-order valence-electron chi connectivity index (χ2n) is 8.93. The summed E-state index contributed by atoms with van der Waals surface area (Å²) in [6.45, 7) is 7.41. The van der Waals surface area contributed by atoms with Crippen LogP contribution in [0.15, 0.2) is 24.3 Å². The van der Waals surface area contributed by atoms with Crippen molar-refractivity contribution in [3.8, 4) is 5.75 Å². The lowest BCUT2D eigenvalue weighted by atomic mass is 10.0. The maximum atomic E-state index is 12.0. The zero-order valence-electron chi connectivity index (χ0n) is 20.0. The highest BCUT2D eigenvalue weighted by Gasteiger charge is 2.08. The predicted molar refractivity (Wildman–Crippen MR) is 129 cm³/mol. The van der Waals surface area contributed by atoms with Crippen LogP contribution in [-0.2, 0) is 4.79 Å². The van der Waals surface area contributed by atoms with Crippen LogP contribution in [0.4, 0.5) is 0 Å². The summed E-state index contributed by atoms with van der Waals surface area (Å²) in [5.41, 5.74) is 1.15. The molecule has 1 amide bonds. The van der Waals surface area contributed by atoms with Gasteiger partial charge in [-0.25, -0.2) is 0 Å². The first-order chi connectivity index (χ1) is 14.6. The number of ether oxygens (including phenoxy) is 1. The molecule has 0 saturated carbocycles. The quantitative estimate of drug-likeness (QED) is 0.233. The highest BCUT2D eigenvalue weighted by atomic mass is 16.5. The fraction of sp³-hybridized carbons (Fsp3) is 0.741. The van der Waals surface area contributed by atoms with Crippen molar-refractivity contribution in [1.82, 2.24) is 5.32 Å². The van der Waals surface area contributed by atoms with Gasteiger partial charge in [-0.15, -0.1) is 0 Å². The number of benzene rings is 1. The van der Waals surface area contributed by atoms with Gasteiger partial charge < -0.3 is 10.1 Å². The van der Waals surface area contributed by atoms with Crippen molar-refractivity contribution in [2.24, 2.45) is 0 Å². The summed E-state index contributed by atoms with van der Waals surface area (Å²) in [5, 5.41) is 2.98. The molecule has 0 spiro atoms. The minimum atomic E-state index is -0.0248. The Morgan fingerprint density at radius 1 is 0.800 bits per heavy atom. The first-order valence-corrected chi connectivity index (χ1v) is 12.6. The Balaban J connectivity index is 1.90. The molecule has 30 heavy (non-hydrogen) atoms. The van der Waals surface area contributed by atoms with Crippen LogP contribution in [0, 0.1) is 0 Å². The van der Waals surface area contributed by atoms with E-state index in [2.05, 4.69) is 32.2 Å². The maximum absolute atomic E-state index is 12.0. The molecular weight excluding hydrogens is 370 g/mol. The van der Waals surface area contributed by atoms with E-state index in [0.29, 0.717) is 5.92 Å². The van der Waals surface area contributed by atoms with Crippen LogP contribution in [0.5, 0.6) is 5.75 Å². The zero-order valence-corrected chi connectivity index (χ0v) is 20.0. The second kappa shape index (κ2) is 18.3. The Morgan fingerprint density at radius 3 is 1.83 bits per heavy atom. The molecule has 172 valence electrons. The lowest BCUT2D eigenvalue weighted by Crippen LogP contribution is -2.29. The lowest BCUT2D eigenvalue weighted by molar-refractivity contribution is -0.123. The fourth-order valence-electron chi connectivity index (χ4n) is 3.83. The Hall–Kier alpha value is -1.51. The van der Waals surface area contributed by atoms with Crippen LogP contribution >= 0.6 is 0 Å². The number of para-hydroxylation sites is 1. The van der Waals surface area contributed by atoms with Gasteiger partial charge in [-0.2, -0.15) is 0 Å². The van der Waals surface area contributed by atoms with Crippen LogP contribution in [-0.4, -0.2) is 19.1 Å². The summed E-state index contributed by atoms with van der Waals surface area (Å²) in [6, 6.07) is 7.97. The van der Waals surface area contributed by atoms with E-state index in [0.717, 1.165) is 24.3 Å². The molecule has 1 aromatic rings. The van der Waals surface area contributed by atoms with E-state index in [9.17, 15) is 4.79 Å². The molecule has 3 heteroatoms. The molecule has 1 aromatic carbocycles. The van der Waals surface area contributed by atoms with Crippen molar-refractivity contribution in [3.05, 3.63) is 29.8 Å². The molecule has 3 nitrogen and oxygen atoms in total. The highest BCUT2D eigenvalue weighted by molar-refractivity contribution is 5.77. The van der Waals surface area contributed by atoms with Crippen LogP contribution in [0.1, 0.15) is 122 Å². The largest absolute Gasteiger partial charge is 0.483 e. The number of amides is 1. The van der Waals surface area contributed by atoms with Gasteiger partial charge in [0.2, 0.25) is 0 Å². The van der Waals surface area contributed by atoms with E-state index in [1.165, 1.54) is 83.5 Å². The van der Waals surface area contributed by atoms with Gasteiger partial charge in [-0.1, -0.05) is 122 Å². The third-order valence-corrected chi connectivity index (χ3v) is 5.75. The Morgan fingerprint density at radius 2 is 1.30 bits per heavy atom. The van der Waals surface area contributed by atoms with Crippen molar-refractivity contribution in [2.75, 3.05) is 13.2 Å². The second-order valence-corrected chi connectivity index (χ2v) is 8.93. The fourth-order valence-corrected chi connectivity index (χ4v) is 3.83. The van der Waals surface area contributed by atoms with Crippen molar-refractivity contribution in [3.63, 3.8) is 0 Å². The molecule has 0 aliphatic carbocycles. The number of hydrogen-bond donors (Lipinski definition) is 1. The highest BCUT2D eigenvalue weighted by Crippen LogP contribution is 2.25. The molecule has 1 rings (SSSR count). The normalized spacial score (nSPS) is 11.1. The van der Waals surface area contributed by atoms with Gasteiger partial charge in [0, 0.05) is 6.54 Å². The first kappa shape index (κ1) is 26.5. The number of rotatable bonds is 19. The summed E-state index contributed by atoms with van der Waals surface area (Å²) < 4.78 is 5.72. The molecule has 0 heterocycles. The summed E-state index contributed by atoms with van der Waals surface area (Å²) in [4.78, 5) is 12.0. The van der Waals surface area contributed by atoms with Crippen molar-refractivity contribution in [2.45, 2.75) is 117 Å². The SMILES string of the molecule is CCCCCCCCCCCCCCCCNC(=O)COc1ccccc1C(C)C. The zero-order chi connectivity index (χ0) is 21.9. The Bertz CT molecular complexity index is 541. The Labute approximate surface area is 186 Å². The van der Waals surface area contributed by atoms with Crippen LogP contribution in [0.2, 0.25) is 0 Å². The molecule has 0 aromatic heterocycles. The summed E-state index contributed by atoms with van der Waals surface area (Å²) in [5.74, 6) is 1.18. The standard InChI is InChI=1S/C27H47NO2/c1-4-5-6-7-8-9-10-11-12-13-14-15-16-19-22-28-27(29)23-30-26-21-18-17-20-25(26)24(2)3/h17-18,20-21,24H,4-16,19,22-23H2,1-3H3,(H,28,29). The molecule has 0 bridgehead atoms. The molecule has 0 saturated heterocycles. The van der Waals surface area contributed by atoms with Gasteiger partial charge in [0.15, 0.2) is 6.61 Å². The molecule has 0 atom stereocenters. The minimum absolute atomic E-state index is 0.0248. The van der Waals surface area contributed by atoms with E-state index in [1.54, 1.807) is 0 Å². The van der Waals surface area contributed by atoms with Gasteiger partial charge in [0.05, 0.1) is 0 Å². The van der Waals surface area contributed by atoms with Gasteiger partial charge in [0.25, 0.3) is 5.91 Å². The monoisotopic (exact) mass is 417 g/mol. The van der Waals surface area contributed by atoms with E-state index in [4.69, 9.17) is 4.74 Å². The lowest BCUT2D eigenvalue weighted by Gasteiger charge is -2.13. The topological polar surface area (TPSA) is 38.3 Å². The third kappa shape index (κ3) is 13.7. The van der Waals surface area contributed by atoms with Gasteiger partial charge in [-0.05, 0) is 24.0 Å². The van der Waals surface area contributed by atoms with Gasteiger partial charge >= 0.3 is 0 Å². The average molecular weight is 418 g/mol. The summed E-state index contributed by atoms with van der Waals surface area (Å²) in [6.07, 6.45) is 18.9. The summed E-state index contributed by atoms with van der Waals surface area (Å²) >= 11 is 0. The molecule has 0 aliphatic heterocycles. The molecule has 0 unspecified atom stereocenters. The molecular formula is C27H47NO2. The number of unbranched alkanes of at least 4 members (excludes halogenated alkanes) is 13. The molecule has 0 radical (unpaired) electrons. The van der Waals surface area contributed by atoms with E-state index < -0.39 is 0 Å². The van der Waals surface area contributed by atoms with Gasteiger partial charge in [-0.3, -0.25) is 4.79 Å². The minimum Gasteiger partial charge on any atom is -0.483 e.